The first-order chi connectivity index (χ1) is 14.6. The fourth-order valence-corrected chi connectivity index (χ4v) is 4.42. The van der Waals surface area contributed by atoms with Crippen molar-refractivity contribution in [3.8, 4) is 0 Å². The van der Waals surface area contributed by atoms with Crippen molar-refractivity contribution in [2.75, 3.05) is 49.1 Å². The number of piperazine rings is 1. The summed E-state index contributed by atoms with van der Waals surface area (Å²) in [5.41, 5.74) is 3.23. The van der Waals surface area contributed by atoms with Crippen LogP contribution < -0.4 is 9.80 Å². The highest BCUT2D eigenvalue weighted by Gasteiger charge is 2.27. The maximum atomic E-state index is 13.2. The molecule has 2 fully saturated rings. The zero-order chi connectivity index (χ0) is 20.7. The number of anilines is 2. The Morgan fingerprint density at radius 3 is 2.43 bits per heavy atom. The molecule has 0 radical (unpaired) electrons. The predicted octanol–water partition coefficient (Wildman–Crippen LogP) is 2.30. The topological polar surface area (TPSA) is 69.9 Å². The minimum Gasteiger partial charge on any atom is -0.353 e. The molecule has 156 valence electrons. The van der Waals surface area contributed by atoms with Crippen LogP contribution in [0.2, 0.25) is 0 Å². The summed E-state index contributed by atoms with van der Waals surface area (Å²) in [5, 5.41) is 0. The number of nitrogens with zero attached hydrogens (tertiary/aromatic N) is 7. The summed E-state index contributed by atoms with van der Waals surface area (Å²) in [7, 11) is 0. The molecule has 30 heavy (non-hydrogen) atoms. The van der Waals surface area contributed by atoms with Gasteiger partial charge in [-0.15, -0.1) is 0 Å². The van der Waals surface area contributed by atoms with E-state index in [4.69, 9.17) is 4.98 Å². The molecule has 1 amide bonds. The molecule has 2 aliphatic heterocycles. The molecule has 3 aromatic rings. The largest absolute Gasteiger partial charge is 0.353 e. The monoisotopic (exact) mass is 405 g/mol. The first-order valence-corrected chi connectivity index (χ1v) is 10.7. The van der Waals surface area contributed by atoms with Crippen LogP contribution in [-0.2, 0) is 0 Å². The van der Waals surface area contributed by atoms with Crippen LogP contribution in [0, 0.1) is 13.8 Å². The Morgan fingerprint density at radius 2 is 1.67 bits per heavy atom. The molecule has 2 aliphatic rings. The zero-order valence-electron chi connectivity index (χ0n) is 17.6. The number of fused-ring (bicyclic) bond motifs is 1. The predicted molar refractivity (Wildman–Crippen MR) is 116 cm³/mol. The van der Waals surface area contributed by atoms with Gasteiger partial charge in [0.25, 0.3) is 5.91 Å². The molecular weight excluding hydrogens is 378 g/mol. The van der Waals surface area contributed by atoms with Gasteiger partial charge in [-0.3, -0.25) is 9.20 Å². The van der Waals surface area contributed by atoms with Crippen LogP contribution in [-0.4, -0.2) is 69.4 Å². The van der Waals surface area contributed by atoms with Crippen molar-refractivity contribution in [1.82, 2.24) is 24.3 Å². The molecule has 0 spiro atoms. The van der Waals surface area contributed by atoms with E-state index >= 15 is 0 Å². The number of pyridine rings is 1. The van der Waals surface area contributed by atoms with Crippen LogP contribution in [0.25, 0.3) is 5.65 Å². The maximum Gasteiger partial charge on any atom is 0.272 e. The lowest BCUT2D eigenvalue weighted by atomic mass is 10.2. The Kier molecular flexibility index (Phi) is 4.77. The highest BCUT2D eigenvalue weighted by atomic mass is 16.2. The number of carbonyl (C=O) groups is 1. The Bertz CT molecular complexity index is 1080. The quantitative estimate of drug-likeness (QED) is 0.666. The first kappa shape index (κ1) is 18.8. The second kappa shape index (κ2) is 7.59. The molecule has 0 atom stereocenters. The van der Waals surface area contributed by atoms with Gasteiger partial charge in [-0.1, -0.05) is 6.07 Å². The van der Waals surface area contributed by atoms with Crippen molar-refractivity contribution in [3.05, 3.63) is 47.5 Å². The number of aryl methyl sites for hydroxylation is 2. The minimum atomic E-state index is 0.0440. The van der Waals surface area contributed by atoms with Gasteiger partial charge in [0, 0.05) is 57.2 Å². The summed E-state index contributed by atoms with van der Waals surface area (Å²) in [4.78, 5) is 33.7. The van der Waals surface area contributed by atoms with E-state index in [0.717, 1.165) is 55.0 Å². The summed E-state index contributed by atoms with van der Waals surface area (Å²) in [5.74, 6) is 1.84. The number of imidazole rings is 1. The number of aromatic nitrogens is 4. The van der Waals surface area contributed by atoms with E-state index in [1.54, 1.807) is 0 Å². The van der Waals surface area contributed by atoms with E-state index in [2.05, 4.69) is 19.8 Å². The highest BCUT2D eigenvalue weighted by Crippen LogP contribution is 2.22. The van der Waals surface area contributed by atoms with Gasteiger partial charge in [0.1, 0.15) is 17.2 Å². The van der Waals surface area contributed by atoms with E-state index < -0.39 is 0 Å². The minimum absolute atomic E-state index is 0.0440. The fourth-order valence-electron chi connectivity index (χ4n) is 4.42. The average Bonchev–Trinajstić information content (AvgIpc) is 3.40. The standard InChI is InChI=1S/C22H27N7O/c1-16-15-19(25-22(23-16)28-8-5-6-9-28)26-11-13-27(14-12-26)21(30)20-17(2)24-18-7-3-4-10-29(18)20/h3-4,7,10,15H,5-6,8-9,11-14H2,1-2H3. The van der Waals surface area contributed by atoms with Gasteiger partial charge in [0.2, 0.25) is 5.95 Å². The van der Waals surface area contributed by atoms with Gasteiger partial charge < -0.3 is 14.7 Å². The van der Waals surface area contributed by atoms with Gasteiger partial charge >= 0.3 is 0 Å². The number of amides is 1. The van der Waals surface area contributed by atoms with Gasteiger partial charge in [-0.25, -0.2) is 9.97 Å². The van der Waals surface area contributed by atoms with E-state index in [-0.39, 0.29) is 5.91 Å². The van der Waals surface area contributed by atoms with Gasteiger partial charge in [0.15, 0.2) is 0 Å². The van der Waals surface area contributed by atoms with Crippen LogP contribution in [0.3, 0.4) is 0 Å². The Labute approximate surface area is 176 Å². The fraction of sp³-hybridized carbons (Fsp3) is 0.455. The molecule has 8 heteroatoms. The Balaban J connectivity index is 1.32. The van der Waals surface area contributed by atoms with E-state index in [0.29, 0.717) is 18.8 Å². The summed E-state index contributed by atoms with van der Waals surface area (Å²) in [6, 6.07) is 7.84. The number of hydrogen-bond donors (Lipinski definition) is 0. The third-order valence-electron chi connectivity index (χ3n) is 6.02. The lowest BCUT2D eigenvalue weighted by molar-refractivity contribution is 0.0738. The van der Waals surface area contributed by atoms with Crippen molar-refractivity contribution in [3.63, 3.8) is 0 Å². The molecule has 0 unspecified atom stereocenters. The summed E-state index contributed by atoms with van der Waals surface area (Å²) >= 11 is 0. The van der Waals surface area contributed by atoms with Crippen molar-refractivity contribution in [2.24, 2.45) is 0 Å². The summed E-state index contributed by atoms with van der Waals surface area (Å²) in [6.45, 7) is 8.85. The number of carbonyl (C=O) groups excluding carboxylic acids is 1. The average molecular weight is 406 g/mol. The molecule has 0 bridgehead atoms. The van der Waals surface area contributed by atoms with Crippen LogP contribution in [0.15, 0.2) is 30.5 Å². The van der Waals surface area contributed by atoms with E-state index in [1.165, 1.54) is 12.8 Å². The lowest BCUT2D eigenvalue weighted by Crippen LogP contribution is -2.49. The van der Waals surface area contributed by atoms with E-state index in [1.807, 2.05) is 53.6 Å². The van der Waals surface area contributed by atoms with E-state index in [9.17, 15) is 4.79 Å². The summed E-state index contributed by atoms with van der Waals surface area (Å²) < 4.78 is 1.89. The van der Waals surface area contributed by atoms with Gasteiger partial charge in [-0.2, -0.15) is 4.98 Å². The highest BCUT2D eigenvalue weighted by molar-refractivity contribution is 5.94. The third kappa shape index (κ3) is 3.36. The molecule has 0 aliphatic carbocycles. The van der Waals surface area contributed by atoms with Crippen molar-refractivity contribution >= 4 is 23.3 Å². The number of hydrogen-bond acceptors (Lipinski definition) is 6. The number of rotatable bonds is 3. The van der Waals surface area contributed by atoms with Crippen molar-refractivity contribution in [2.45, 2.75) is 26.7 Å². The Hall–Kier alpha value is -3.16. The smallest absolute Gasteiger partial charge is 0.272 e. The molecular formula is C22H27N7O. The molecule has 5 heterocycles. The SMILES string of the molecule is Cc1cc(N2CCN(C(=O)c3c(C)nc4ccccn34)CC2)nc(N2CCCC2)n1. The normalized spacial score (nSPS) is 17.2. The third-order valence-corrected chi connectivity index (χ3v) is 6.02. The van der Waals surface area contributed by atoms with Crippen LogP contribution in [0.4, 0.5) is 11.8 Å². The van der Waals surface area contributed by atoms with Crippen LogP contribution >= 0.6 is 0 Å². The molecule has 8 nitrogen and oxygen atoms in total. The lowest BCUT2D eigenvalue weighted by Gasteiger charge is -2.35. The molecule has 0 aromatic carbocycles. The second-order valence-corrected chi connectivity index (χ2v) is 8.12. The Morgan fingerprint density at radius 1 is 0.900 bits per heavy atom. The second-order valence-electron chi connectivity index (χ2n) is 8.12. The molecule has 0 saturated carbocycles. The molecule has 3 aromatic heterocycles. The van der Waals surface area contributed by atoms with Gasteiger partial charge in [0.05, 0.1) is 5.69 Å². The molecule has 5 rings (SSSR count). The molecule has 0 N–H and O–H groups in total. The van der Waals surface area contributed by atoms with Crippen molar-refractivity contribution in [1.29, 1.82) is 0 Å². The van der Waals surface area contributed by atoms with Crippen molar-refractivity contribution < 1.29 is 4.79 Å². The first-order valence-electron chi connectivity index (χ1n) is 10.7. The summed E-state index contributed by atoms with van der Waals surface area (Å²) in [6.07, 6.45) is 4.31. The van der Waals surface area contributed by atoms with Gasteiger partial charge in [-0.05, 0) is 38.8 Å². The molecule has 2 saturated heterocycles. The maximum absolute atomic E-state index is 13.2. The zero-order valence-corrected chi connectivity index (χ0v) is 17.6. The van der Waals surface area contributed by atoms with Crippen LogP contribution in [0.1, 0.15) is 34.7 Å². The van der Waals surface area contributed by atoms with Crippen LogP contribution in [0.5, 0.6) is 0 Å².